The summed E-state index contributed by atoms with van der Waals surface area (Å²) in [6, 6.07) is 12.9. The van der Waals surface area contributed by atoms with Gasteiger partial charge in [0, 0.05) is 6.54 Å². The average molecular weight is 403 g/mol. The summed E-state index contributed by atoms with van der Waals surface area (Å²) in [7, 11) is 0. The molecule has 2 rings (SSSR count). The summed E-state index contributed by atoms with van der Waals surface area (Å²) in [6.07, 6.45) is 2.10. The van der Waals surface area contributed by atoms with Gasteiger partial charge in [0.15, 0.2) is 6.61 Å². The van der Waals surface area contributed by atoms with E-state index in [1.54, 1.807) is 12.1 Å². The summed E-state index contributed by atoms with van der Waals surface area (Å²) in [4.78, 5) is 10.5. The molecule has 0 aliphatic heterocycles. The Hall–Kier alpha value is -2.90. The highest BCUT2D eigenvalue weighted by molar-refractivity contribution is 5.69. The van der Waals surface area contributed by atoms with Crippen LogP contribution in [0.25, 0.3) is 5.57 Å². The third-order valence-corrected chi connectivity index (χ3v) is 4.14. The van der Waals surface area contributed by atoms with Crippen molar-refractivity contribution in [2.45, 2.75) is 19.4 Å². The lowest BCUT2D eigenvalue weighted by Crippen LogP contribution is -2.32. The molecule has 6 nitrogen and oxygen atoms in total. The Bertz CT molecular complexity index is 790. The van der Waals surface area contributed by atoms with Crippen LogP contribution in [0, 0.1) is 5.82 Å². The molecule has 0 radical (unpaired) electrons. The van der Waals surface area contributed by atoms with Gasteiger partial charge in [-0.25, -0.2) is 9.18 Å². The number of rotatable bonds is 12. The molecule has 2 aromatic rings. The standard InChI is InChI=1S/C22H26FNO5/c1-2-16(17-3-7-20(8-4-17)29-15-22(26)27)11-12-24-13-19(25)14-28-21-9-5-18(23)6-10-21/h2-10,19,24-25H,11-15H2,1H3,(H,26,27)/b16-2+. The van der Waals surface area contributed by atoms with Gasteiger partial charge < -0.3 is 25.0 Å². The van der Waals surface area contributed by atoms with E-state index in [1.165, 1.54) is 24.3 Å². The Balaban J connectivity index is 1.69. The van der Waals surface area contributed by atoms with Crippen molar-refractivity contribution in [2.75, 3.05) is 26.3 Å². The molecule has 0 amide bonds. The molecule has 1 atom stereocenters. The zero-order valence-corrected chi connectivity index (χ0v) is 16.3. The fourth-order valence-electron chi connectivity index (χ4n) is 2.64. The molecular formula is C22H26FNO5. The number of carbonyl (C=O) groups is 1. The van der Waals surface area contributed by atoms with Crippen molar-refractivity contribution in [3.8, 4) is 11.5 Å². The average Bonchev–Trinajstić information content (AvgIpc) is 2.72. The Morgan fingerprint density at radius 3 is 2.34 bits per heavy atom. The van der Waals surface area contributed by atoms with E-state index in [4.69, 9.17) is 14.6 Å². The number of aliphatic hydroxyl groups is 1. The summed E-state index contributed by atoms with van der Waals surface area (Å²) in [5, 5.41) is 21.8. The first-order valence-electron chi connectivity index (χ1n) is 9.35. The van der Waals surface area contributed by atoms with Gasteiger partial charge in [-0.15, -0.1) is 0 Å². The van der Waals surface area contributed by atoms with Crippen LogP contribution >= 0.6 is 0 Å². The van der Waals surface area contributed by atoms with Gasteiger partial charge in [0.1, 0.15) is 30.0 Å². The summed E-state index contributed by atoms with van der Waals surface area (Å²) < 4.78 is 23.4. The van der Waals surface area contributed by atoms with Crippen LogP contribution in [0.3, 0.4) is 0 Å². The molecule has 0 spiro atoms. The largest absolute Gasteiger partial charge is 0.491 e. The van der Waals surface area contributed by atoms with Gasteiger partial charge in [-0.05, 0) is 67.4 Å². The van der Waals surface area contributed by atoms with E-state index in [0.29, 0.717) is 24.6 Å². The Kier molecular flexibility index (Phi) is 9.14. The molecule has 0 fully saturated rings. The minimum Gasteiger partial charge on any atom is -0.491 e. The first-order valence-corrected chi connectivity index (χ1v) is 9.35. The highest BCUT2D eigenvalue weighted by Gasteiger charge is 2.07. The number of aliphatic hydroxyl groups excluding tert-OH is 1. The SMILES string of the molecule is C/C=C(\CCNCC(O)COc1ccc(F)cc1)c1ccc(OCC(=O)O)cc1. The molecule has 156 valence electrons. The zero-order chi connectivity index (χ0) is 21.1. The van der Waals surface area contributed by atoms with Crippen LogP contribution in [0.1, 0.15) is 18.9 Å². The van der Waals surface area contributed by atoms with Gasteiger partial charge >= 0.3 is 5.97 Å². The maximum absolute atomic E-state index is 12.8. The van der Waals surface area contributed by atoms with Crippen molar-refractivity contribution >= 4 is 11.5 Å². The second-order valence-electron chi connectivity index (χ2n) is 6.39. The quantitative estimate of drug-likeness (QED) is 0.472. The number of aliphatic carboxylic acids is 1. The number of benzene rings is 2. The predicted octanol–water partition coefficient (Wildman–Crippen LogP) is 3.11. The van der Waals surface area contributed by atoms with Gasteiger partial charge in [-0.3, -0.25) is 0 Å². The summed E-state index contributed by atoms with van der Waals surface area (Å²) in [5.74, 6) is -0.326. The van der Waals surface area contributed by atoms with Gasteiger partial charge in [-0.1, -0.05) is 18.2 Å². The number of carboxylic acids is 1. The van der Waals surface area contributed by atoms with Crippen molar-refractivity contribution in [2.24, 2.45) is 0 Å². The first-order chi connectivity index (χ1) is 14.0. The second kappa shape index (κ2) is 11.8. The van der Waals surface area contributed by atoms with Crippen LogP contribution in [0.15, 0.2) is 54.6 Å². The molecular weight excluding hydrogens is 377 g/mol. The third kappa shape index (κ3) is 8.33. The minimum absolute atomic E-state index is 0.118. The number of nitrogens with one attached hydrogen (secondary N) is 1. The van der Waals surface area contributed by atoms with Crippen molar-refractivity contribution in [1.82, 2.24) is 5.32 Å². The molecule has 0 bridgehead atoms. The second-order valence-corrected chi connectivity index (χ2v) is 6.39. The Labute approximate surface area is 169 Å². The Morgan fingerprint density at radius 1 is 1.10 bits per heavy atom. The lowest BCUT2D eigenvalue weighted by atomic mass is 10.0. The predicted molar refractivity (Wildman–Crippen MR) is 109 cm³/mol. The van der Waals surface area contributed by atoms with E-state index < -0.39 is 12.1 Å². The molecule has 29 heavy (non-hydrogen) atoms. The highest BCUT2D eigenvalue weighted by atomic mass is 19.1. The third-order valence-electron chi connectivity index (χ3n) is 4.14. The van der Waals surface area contributed by atoms with Gasteiger partial charge in [0.05, 0.1) is 0 Å². The molecule has 2 aromatic carbocycles. The molecule has 7 heteroatoms. The van der Waals surface area contributed by atoms with Crippen molar-refractivity contribution in [3.05, 3.63) is 66.0 Å². The van der Waals surface area contributed by atoms with Gasteiger partial charge in [-0.2, -0.15) is 0 Å². The number of ether oxygens (including phenoxy) is 2. The fraction of sp³-hybridized carbons (Fsp3) is 0.318. The van der Waals surface area contributed by atoms with Crippen LogP contribution in [0.5, 0.6) is 11.5 Å². The lowest BCUT2D eigenvalue weighted by molar-refractivity contribution is -0.139. The molecule has 0 saturated carbocycles. The van der Waals surface area contributed by atoms with E-state index in [2.05, 4.69) is 5.32 Å². The maximum Gasteiger partial charge on any atom is 0.341 e. The smallest absolute Gasteiger partial charge is 0.341 e. The van der Waals surface area contributed by atoms with E-state index in [0.717, 1.165) is 17.6 Å². The number of halogens is 1. The van der Waals surface area contributed by atoms with Crippen molar-refractivity contribution in [3.63, 3.8) is 0 Å². The van der Waals surface area contributed by atoms with Crippen molar-refractivity contribution < 1.29 is 28.9 Å². The summed E-state index contributed by atoms with van der Waals surface area (Å²) >= 11 is 0. The number of carboxylic acid groups (broad SMARTS) is 1. The van der Waals surface area contributed by atoms with Crippen LogP contribution < -0.4 is 14.8 Å². The minimum atomic E-state index is -1.01. The van der Waals surface area contributed by atoms with Crippen molar-refractivity contribution in [1.29, 1.82) is 0 Å². The summed E-state index contributed by atoms with van der Waals surface area (Å²) in [5.41, 5.74) is 2.15. The van der Waals surface area contributed by atoms with E-state index >= 15 is 0 Å². The molecule has 0 saturated heterocycles. The van der Waals surface area contributed by atoms with Crippen LogP contribution in [0.2, 0.25) is 0 Å². The fourth-order valence-corrected chi connectivity index (χ4v) is 2.64. The normalized spacial score (nSPS) is 12.4. The zero-order valence-electron chi connectivity index (χ0n) is 16.3. The Morgan fingerprint density at radius 2 is 1.72 bits per heavy atom. The van der Waals surface area contributed by atoms with E-state index in [9.17, 15) is 14.3 Å². The monoisotopic (exact) mass is 403 g/mol. The van der Waals surface area contributed by atoms with Crippen LogP contribution in [-0.2, 0) is 4.79 Å². The summed E-state index contributed by atoms with van der Waals surface area (Å²) in [6.45, 7) is 2.75. The molecule has 1 unspecified atom stereocenters. The first kappa shape index (κ1) is 22.4. The number of allylic oxidation sites excluding steroid dienone is 1. The lowest BCUT2D eigenvalue weighted by Gasteiger charge is -2.14. The molecule has 0 aromatic heterocycles. The molecule has 0 aliphatic rings. The van der Waals surface area contributed by atoms with Gasteiger partial charge in [0.2, 0.25) is 0 Å². The topological polar surface area (TPSA) is 88.0 Å². The van der Waals surface area contributed by atoms with E-state index in [1.807, 2.05) is 25.1 Å². The van der Waals surface area contributed by atoms with Crippen LogP contribution in [-0.4, -0.2) is 48.6 Å². The molecule has 3 N–H and O–H groups in total. The van der Waals surface area contributed by atoms with Gasteiger partial charge in [0.25, 0.3) is 0 Å². The molecule has 0 aliphatic carbocycles. The highest BCUT2D eigenvalue weighted by Crippen LogP contribution is 2.21. The molecule has 0 heterocycles. The maximum atomic E-state index is 12.8. The van der Waals surface area contributed by atoms with E-state index in [-0.39, 0.29) is 19.0 Å². The number of hydrogen-bond donors (Lipinski definition) is 3. The number of hydrogen-bond acceptors (Lipinski definition) is 5. The van der Waals surface area contributed by atoms with Crippen LogP contribution in [0.4, 0.5) is 4.39 Å².